The predicted octanol–water partition coefficient (Wildman–Crippen LogP) is 1.77. The van der Waals surface area contributed by atoms with Gasteiger partial charge in [0.2, 0.25) is 0 Å². The summed E-state index contributed by atoms with van der Waals surface area (Å²) >= 11 is 0. The fraction of sp³-hybridized carbons (Fsp3) is 0.933. The van der Waals surface area contributed by atoms with Gasteiger partial charge in [-0.25, -0.2) is 0 Å². The largest absolute Gasteiger partial charge is 0.458 e. The lowest BCUT2D eigenvalue weighted by atomic mass is 9.44. The summed E-state index contributed by atoms with van der Waals surface area (Å²) in [6, 6.07) is 0. The van der Waals surface area contributed by atoms with E-state index in [1.165, 1.54) is 6.92 Å². The van der Waals surface area contributed by atoms with Gasteiger partial charge < -0.3 is 14.9 Å². The Hall–Kier alpha value is -0.610. The van der Waals surface area contributed by atoms with Gasteiger partial charge in [-0.2, -0.15) is 0 Å². The molecule has 19 heavy (non-hydrogen) atoms. The summed E-state index contributed by atoms with van der Waals surface area (Å²) in [4.78, 5) is 11.5. The topological polar surface area (TPSA) is 66.8 Å². The second-order valence-electron chi connectivity index (χ2n) is 6.59. The van der Waals surface area contributed by atoms with E-state index in [2.05, 4.69) is 0 Å². The average Bonchev–Trinajstić information content (AvgIpc) is 2.48. The molecule has 0 aromatic carbocycles. The van der Waals surface area contributed by atoms with E-state index < -0.39 is 17.3 Å². The first kappa shape index (κ1) is 13.4. The molecule has 1 unspecified atom stereocenters. The Morgan fingerprint density at radius 3 is 2.32 bits per heavy atom. The van der Waals surface area contributed by atoms with Crippen molar-refractivity contribution in [1.82, 2.24) is 0 Å². The van der Waals surface area contributed by atoms with Crippen molar-refractivity contribution in [3.05, 3.63) is 0 Å². The van der Waals surface area contributed by atoms with Crippen LogP contribution in [0.5, 0.6) is 0 Å². The van der Waals surface area contributed by atoms with Crippen molar-refractivity contribution in [2.24, 2.45) is 11.8 Å². The van der Waals surface area contributed by atoms with Crippen molar-refractivity contribution in [3.63, 3.8) is 0 Å². The number of rotatable bonds is 1. The molecular formula is C15H24O4. The van der Waals surface area contributed by atoms with E-state index in [4.69, 9.17) is 4.74 Å². The third-order valence-electron chi connectivity index (χ3n) is 5.69. The van der Waals surface area contributed by atoms with Gasteiger partial charge in [-0.3, -0.25) is 4.79 Å². The highest BCUT2D eigenvalue weighted by Crippen LogP contribution is 2.64. The summed E-state index contributed by atoms with van der Waals surface area (Å²) in [5, 5.41) is 21.3. The van der Waals surface area contributed by atoms with E-state index in [0.29, 0.717) is 6.42 Å². The van der Waals surface area contributed by atoms with Gasteiger partial charge in [0.05, 0.1) is 6.10 Å². The Kier molecular flexibility index (Phi) is 3.13. The quantitative estimate of drug-likeness (QED) is 0.711. The van der Waals surface area contributed by atoms with Crippen molar-refractivity contribution < 1.29 is 19.7 Å². The Balaban J connectivity index is 1.95. The SMILES string of the molecule is CC(=O)O[C@]12CCCC[C@H]1[C@@]1(O)C(O)CCCC[C@H]21. The zero-order chi connectivity index (χ0) is 13.7. The highest BCUT2D eigenvalue weighted by molar-refractivity contribution is 5.67. The molecule has 3 aliphatic carbocycles. The lowest BCUT2D eigenvalue weighted by molar-refractivity contribution is -0.333. The van der Waals surface area contributed by atoms with Crippen molar-refractivity contribution in [1.29, 1.82) is 0 Å². The summed E-state index contributed by atoms with van der Waals surface area (Å²) in [7, 11) is 0. The zero-order valence-electron chi connectivity index (χ0n) is 11.6. The summed E-state index contributed by atoms with van der Waals surface area (Å²) in [5.74, 6) is -0.407. The molecule has 108 valence electrons. The van der Waals surface area contributed by atoms with E-state index in [-0.39, 0.29) is 17.8 Å². The molecule has 0 heterocycles. The minimum Gasteiger partial charge on any atom is -0.458 e. The standard InChI is InChI=1S/C15H24O4/c1-10(16)19-14-9-5-4-7-12(14)15(18)11(14)6-2-3-8-13(15)17/h11-13,17-18H,2-9H2,1H3/t11-,12-,13?,14+,15-/m1/s1. The molecule has 0 radical (unpaired) electrons. The van der Waals surface area contributed by atoms with Crippen LogP contribution in [0, 0.1) is 11.8 Å². The summed E-state index contributed by atoms with van der Waals surface area (Å²) in [5.41, 5.74) is -1.52. The van der Waals surface area contributed by atoms with Gasteiger partial charge in [0.1, 0.15) is 11.2 Å². The van der Waals surface area contributed by atoms with Gasteiger partial charge in [-0.1, -0.05) is 19.3 Å². The van der Waals surface area contributed by atoms with Crippen molar-refractivity contribution >= 4 is 5.97 Å². The minimum absolute atomic E-state index is 0.0734. The normalized spacial score (nSPS) is 49.3. The van der Waals surface area contributed by atoms with E-state index in [1.54, 1.807) is 0 Å². The van der Waals surface area contributed by atoms with Crippen LogP contribution in [-0.2, 0) is 9.53 Å². The maximum absolute atomic E-state index is 11.5. The molecule has 0 spiro atoms. The number of hydrogen-bond donors (Lipinski definition) is 2. The van der Waals surface area contributed by atoms with Crippen molar-refractivity contribution in [2.75, 3.05) is 0 Å². The molecule has 3 fully saturated rings. The third kappa shape index (κ3) is 1.69. The van der Waals surface area contributed by atoms with Crippen LogP contribution >= 0.6 is 0 Å². The van der Waals surface area contributed by atoms with Gasteiger partial charge in [-0.05, 0) is 32.1 Å². The molecular weight excluding hydrogens is 244 g/mol. The maximum Gasteiger partial charge on any atom is 0.303 e. The number of carbonyl (C=O) groups excluding carboxylic acids is 1. The smallest absolute Gasteiger partial charge is 0.303 e. The summed E-state index contributed by atoms with van der Waals surface area (Å²) in [6.45, 7) is 1.45. The van der Waals surface area contributed by atoms with E-state index in [9.17, 15) is 15.0 Å². The Morgan fingerprint density at radius 2 is 1.68 bits per heavy atom. The van der Waals surface area contributed by atoms with Crippen molar-refractivity contribution in [2.45, 2.75) is 75.6 Å². The fourth-order valence-electron chi connectivity index (χ4n) is 5.06. The lowest BCUT2D eigenvalue weighted by Crippen LogP contribution is -2.79. The number of carbonyl (C=O) groups is 1. The van der Waals surface area contributed by atoms with Gasteiger partial charge in [0, 0.05) is 18.8 Å². The van der Waals surface area contributed by atoms with Crippen LogP contribution in [0.4, 0.5) is 0 Å². The first-order valence-corrected chi connectivity index (χ1v) is 7.62. The van der Waals surface area contributed by atoms with Crippen LogP contribution in [0.1, 0.15) is 58.3 Å². The molecule has 5 atom stereocenters. The minimum atomic E-state index is -1.02. The molecule has 3 aliphatic rings. The van der Waals surface area contributed by atoms with Crippen molar-refractivity contribution in [3.8, 4) is 0 Å². The highest BCUT2D eigenvalue weighted by atomic mass is 16.6. The molecule has 0 aromatic heterocycles. The van der Waals surface area contributed by atoms with Gasteiger partial charge >= 0.3 is 5.97 Å². The summed E-state index contributed by atoms with van der Waals surface area (Å²) < 4.78 is 5.71. The van der Waals surface area contributed by atoms with Crippen LogP contribution in [0.2, 0.25) is 0 Å². The molecule has 4 heteroatoms. The molecule has 2 N–H and O–H groups in total. The maximum atomic E-state index is 11.5. The number of aliphatic hydroxyl groups excluding tert-OH is 1. The molecule has 0 saturated heterocycles. The highest BCUT2D eigenvalue weighted by Gasteiger charge is 2.74. The number of fused-ring (bicyclic) bond motifs is 4. The Labute approximate surface area is 114 Å². The fourth-order valence-corrected chi connectivity index (χ4v) is 5.06. The molecule has 0 amide bonds. The second kappa shape index (κ2) is 4.45. The first-order valence-electron chi connectivity index (χ1n) is 7.62. The number of aliphatic hydroxyl groups is 2. The molecule has 0 aliphatic heterocycles. The molecule has 3 saturated carbocycles. The van der Waals surface area contributed by atoms with Crippen LogP contribution < -0.4 is 0 Å². The predicted molar refractivity (Wildman–Crippen MR) is 69.4 cm³/mol. The molecule has 4 nitrogen and oxygen atoms in total. The number of esters is 1. The van der Waals surface area contributed by atoms with Gasteiger partial charge in [0.15, 0.2) is 0 Å². The van der Waals surface area contributed by atoms with Crippen LogP contribution in [-0.4, -0.2) is 33.5 Å². The van der Waals surface area contributed by atoms with Crippen LogP contribution in [0.25, 0.3) is 0 Å². The van der Waals surface area contributed by atoms with E-state index in [1.807, 2.05) is 0 Å². The molecule has 3 rings (SSSR count). The van der Waals surface area contributed by atoms with E-state index in [0.717, 1.165) is 44.9 Å². The van der Waals surface area contributed by atoms with Gasteiger partial charge in [0.25, 0.3) is 0 Å². The second-order valence-corrected chi connectivity index (χ2v) is 6.59. The number of ether oxygens (including phenoxy) is 1. The lowest BCUT2D eigenvalue weighted by Gasteiger charge is -2.67. The van der Waals surface area contributed by atoms with Crippen LogP contribution in [0.3, 0.4) is 0 Å². The van der Waals surface area contributed by atoms with Crippen LogP contribution in [0.15, 0.2) is 0 Å². The van der Waals surface area contributed by atoms with E-state index >= 15 is 0 Å². The Morgan fingerprint density at radius 1 is 1.11 bits per heavy atom. The summed E-state index contributed by atoms with van der Waals surface area (Å²) in [6.07, 6.45) is 6.61. The molecule has 0 aromatic rings. The molecule has 0 bridgehead atoms. The third-order valence-corrected chi connectivity index (χ3v) is 5.69. The van der Waals surface area contributed by atoms with Gasteiger partial charge in [-0.15, -0.1) is 0 Å². The average molecular weight is 268 g/mol. The zero-order valence-corrected chi connectivity index (χ0v) is 11.6. The number of hydrogen-bond acceptors (Lipinski definition) is 4. The Bertz CT molecular complexity index is 382. The first-order chi connectivity index (χ1) is 9.02. The monoisotopic (exact) mass is 268 g/mol.